The summed E-state index contributed by atoms with van der Waals surface area (Å²) in [7, 11) is 1.68. The van der Waals surface area contributed by atoms with Crippen molar-refractivity contribution in [2.45, 2.75) is 13.5 Å². The van der Waals surface area contributed by atoms with Gasteiger partial charge in [0, 0.05) is 30.3 Å². The van der Waals surface area contributed by atoms with Gasteiger partial charge < -0.3 is 9.30 Å². The molecule has 0 amide bonds. The van der Waals surface area contributed by atoms with Crippen LogP contribution in [0.3, 0.4) is 0 Å². The van der Waals surface area contributed by atoms with Crippen molar-refractivity contribution < 1.29 is 4.74 Å². The highest BCUT2D eigenvalue weighted by atomic mass is 16.5. The standard InChI is InChI=1S/C15H15N5O/c1-11-7-12-8-13(18-19-14(9-16)10-17)3-4-15(12)20(11)5-6-21-2/h3-4,7-8,18H,5-6H2,1-2H3. The number of nitrogens with zero attached hydrogens (tertiary/aromatic N) is 4. The number of benzene rings is 1. The highest BCUT2D eigenvalue weighted by Crippen LogP contribution is 2.23. The summed E-state index contributed by atoms with van der Waals surface area (Å²) in [6.07, 6.45) is 0. The molecule has 0 atom stereocenters. The van der Waals surface area contributed by atoms with Gasteiger partial charge in [-0.1, -0.05) is 0 Å². The van der Waals surface area contributed by atoms with E-state index in [1.165, 1.54) is 0 Å². The molecule has 0 unspecified atom stereocenters. The minimum atomic E-state index is -0.205. The van der Waals surface area contributed by atoms with Gasteiger partial charge in [0.15, 0.2) is 0 Å². The van der Waals surface area contributed by atoms with Crippen molar-refractivity contribution in [3.8, 4) is 12.1 Å². The van der Waals surface area contributed by atoms with Gasteiger partial charge in [0.05, 0.1) is 12.3 Å². The van der Waals surface area contributed by atoms with Crippen molar-refractivity contribution in [1.29, 1.82) is 10.5 Å². The number of hydrazone groups is 1. The van der Waals surface area contributed by atoms with Crippen molar-refractivity contribution in [3.05, 3.63) is 30.0 Å². The Kier molecular flexibility index (Phi) is 4.55. The first kappa shape index (κ1) is 14.6. The fourth-order valence-corrected chi connectivity index (χ4v) is 2.15. The molecular formula is C15H15N5O. The van der Waals surface area contributed by atoms with Crippen molar-refractivity contribution in [2.24, 2.45) is 5.10 Å². The summed E-state index contributed by atoms with van der Waals surface area (Å²) in [5.41, 5.74) is 5.51. The van der Waals surface area contributed by atoms with Crippen LogP contribution < -0.4 is 5.43 Å². The molecule has 0 radical (unpaired) electrons. The largest absolute Gasteiger partial charge is 0.383 e. The van der Waals surface area contributed by atoms with Crippen LogP contribution in [0.15, 0.2) is 29.4 Å². The monoisotopic (exact) mass is 281 g/mol. The molecule has 0 saturated heterocycles. The Morgan fingerprint density at radius 1 is 1.33 bits per heavy atom. The second-order valence-corrected chi connectivity index (χ2v) is 4.50. The third kappa shape index (κ3) is 3.19. The third-order valence-corrected chi connectivity index (χ3v) is 3.14. The van der Waals surface area contributed by atoms with E-state index in [1.54, 1.807) is 19.2 Å². The van der Waals surface area contributed by atoms with E-state index in [4.69, 9.17) is 15.3 Å². The maximum atomic E-state index is 8.64. The van der Waals surface area contributed by atoms with Crippen LogP contribution in [0.2, 0.25) is 0 Å². The van der Waals surface area contributed by atoms with Gasteiger partial charge in [-0.05, 0) is 31.2 Å². The topological polar surface area (TPSA) is 86.1 Å². The van der Waals surface area contributed by atoms with E-state index in [2.05, 4.69) is 21.2 Å². The lowest BCUT2D eigenvalue weighted by Crippen LogP contribution is -2.05. The van der Waals surface area contributed by atoms with Crippen LogP contribution in [0.25, 0.3) is 10.9 Å². The molecule has 21 heavy (non-hydrogen) atoms. The van der Waals surface area contributed by atoms with E-state index in [9.17, 15) is 0 Å². The summed E-state index contributed by atoms with van der Waals surface area (Å²) in [6, 6.07) is 11.3. The number of nitriles is 2. The highest BCUT2D eigenvalue weighted by Gasteiger charge is 2.06. The molecule has 0 aliphatic carbocycles. The average molecular weight is 281 g/mol. The molecular weight excluding hydrogens is 266 g/mol. The predicted octanol–water partition coefficient (Wildman–Crippen LogP) is 2.41. The molecule has 0 spiro atoms. The summed E-state index contributed by atoms with van der Waals surface area (Å²) in [5, 5.41) is 22.1. The van der Waals surface area contributed by atoms with Crippen molar-refractivity contribution in [3.63, 3.8) is 0 Å². The molecule has 106 valence electrons. The fraction of sp³-hybridized carbons (Fsp3) is 0.267. The molecule has 6 nitrogen and oxygen atoms in total. The number of fused-ring (bicyclic) bond motifs is 1. The first-order valence-electron chi connectivity index (χ1n) is 6.42. The second-order valence-electron chi connectivity index (χ2n) is 4.50. The number of ether oxygens (including phenoxy) is 1. The zero-order chi connectivity index (χ0) is 15.2. The number of anilines is 1. The summed E-state index contributed by atoms with van der Waals surface area (Å²) >= 11 is 0. The van der Waals surface area contributed by atoms with Gasteiger partial charge in [-0.15, -0.1) is 0 Å². The molecule has 1 N–H and O–H groups in total. The number of methoxy groups -OCH3 is 1. The van der Waals surface area contributed by atoms with Gasteiger partial charge in [-0.2, -0.15) is 15.6 Å². The van der Waals surface area contributed by atoms with E-state index in [0.29, 0.717) is 6.61 Å². The van der Waals surface area contributed by atoms with Gasteiger partial charge in [0.2, 0.25) is 5.71 Å². The zero-order valence-corrected chi connectivity index (χ0v) is 11.9. The van der Waals surface area contributed by atoms with Crippen LogP contribution in [0.5, 0.6) is 0 Å². The van der Waals surface area contributed by atoms with Crippen molar-refractivity contribution >= 4 is 22.3 Å². The molecule has 6 heteroatoms. The molecule has 0 aliphatic heterocycles. The van der Waals surface area contributed by atoms with Gasteiger partial charge in [-0.3, -0.25) is 5.43 Å². The lowest BCUT2D eigenvalue weighted by Gasteiger charge is -2.07. The van der Waals surface area contributed by atoms with Crippen molar-refractivity contribution in [2.75, 3.05) is 19.1 Å². The van der Waals surface area contributed by atoms with E-state index < -0.39 is 0 Å². The van der Waals surface area contributed by atoms with E-state index in [0.717, 1.165) is 28.8 Å². The number of aryl methyl sites for hydroxylation is 1. The molecule has 0 aliphatic rings. The lowest BCUT2D eigenvalue weighted by molar-refractivity contribution is 0.188. The fourth-order valence-electron chi connectivity index (χ4n) is 2.15. The summed E-state index contributed by atoms with van der Waals surface area (Å²) < 4.78 is 7.30. The smallest absolute Gasteiger partial charge is 0.237 e. The van der Waals surface area contributed by atoms with Crippen LogP contribution in [0.4, 0.5) is 5.69 Å². The Hall–Kier alpha value is -2.83. The normalized spacial score (nSPS) is 9.90. The first-order valence-corrected chi connectivity index (χ1v) is 6.42. The lowest BCUT2D eigenvalue weighted by atomic mass is 10.2. The Balaban J connectivity index is 2.30. The van der Waals surface area contributed by atoms with E-state index >= 15 is 0 Å². The number of hydrogen-bond acceptors (Lipinski definition) is 5. The summed E-state index contributed by atoms with van der Waals surface area (Å²) in [5.74, 6) is 0. The third-order valence-electron chi connectivity index (χ3n) is 3.14. The Bertz CT molecular complexity index is 745. The minimum Gasteiger partial charge on any atom is -0.383 e. The molecule has 0 fully saturated rings. The quantitative estimate of drug-likeness (QED) is 0.673. The second kappa shape index (κ2) is 6.56. The maximum Gasteiger partial charge on any atom is 0.237 e. The van der Waals surface area contributed by atoms with Gasteiger partial charge in [0.1, 0.15) is 12.1 Å². The van der Waals surface area contributed by atoms with E-state index in [1.807, 2.05) is 25.1 Å². The van der Waals surface area contributed by atoms with Gasteiger partial charge in [-0.25, -0.2) is 0 Å². The number of rotatable bonds is 5. The number of aromatic nitrogens is 1. The molecule has 2 rings (SSSR count). The zero-order valence-electron chi connectivity index (χ0n) is 11.9. The number of nitrogens with one attached hydrogen (secondary N) is 1. The highest BCUT2D eigenvalue weighted by molar-refractivity contribution is 6.10. The summed E-state index contributed by atoms with van der Waals surface area (Å²) in [4.78, 5) is 0. The van der Waals surface area contributed by atoms with Crippen LogP contribution in [-0.2, 0) is 11.3 Å². The minimum absolute atomic E-state index is 0.205. The molecule has 2 aromatic rings. The molecule has 1 heterocycles. The van der Waals surface area contributed by atoms with Crippen LogP contribution in [0, 0.1) is 29.6 Å². The van der Waals surface area contributed by atoms with Gasteiger partial charge in [0.25, 0.3) is 0 Å². The first-order chi connectivity index (χ1) is 10.2. The predicted molar refractivity (Wildman–Crippen MR) is 80.8 cm³/mol. The van der Waals surface area contributed by atoms with Crippen LogP contribution in [0.1, 0.15) is 5.69 Å². The van der Waals surface area contributed by atoms with Crippen molar-refractivity contribution in [1.82, 2.24) is 4.57 Å². The Labute approximate surface area is 122 Å². The molecule has 0 bridgehead atoms. The summed E-state index contributed by atoms with van der Waals surface area (Å²) in [6.45, 7) is 3.50. The van der Waals surface area contributed by atoms with E-state index in [-0.39, 0.29) is 5.71 Å². The van der Waals surface area contributed by atoms with Gasteiger partial charge >= 0.3 is 0 Å². The SMILES string of the molecule is COCCn1c(C)cc2cc(NN=C(C#N)C#N)ccc21. The molecule has 1 aromatic heterocycles. The Morgan fingerprint density at radius 3 is 2.76 bits per heavy atom. The van der Waals surface area contributed by atoms with Crippen LogP contribution >= 0.6 is 0 Å². The Morgan fingerprint density at radius 2 is 2.10 bits per heavy atom. The van der Waals surface area contributed by atoms with Crippen LogP contribution in [-0.4, -0.2) is 24.0 Å². The average Bonchev–Trinajstić information content (AvgIpc) is 2.81. The molecule has 0 saturated carbocycles. The maximum absolute atomic E-state index is 8.64. The molecule has 1 aromatic carbocycles. The number of hydrogen-bond donors (Lipinski definition) is 1.